The maximum Gasteiger partial charge on any atom is 0.0455 e. The SMILES string of the molecule is CC1CSCC(c2cc(Cl)ccc2Cl)N1. The lowest BCUT2D eigenvalue weighted by Crippen LogP contribution is -2.38. The van der Waals surface area contributed by atoms with Gasteiger partial charge < -0.3 is 5.32 Å². The third-order valence-electron chi connectivity index (χ3n) is 2.47. The molecule has 0 spiro atoms. The van der Waals surface area contributed by atoms with E-state index < -0.39 is 0 Å². The van der Waals surface area contributed by atoms with Crippen LogP contribution in [0, 0.1) is 0 Å². The fourth-order valence-corrected chi connectivity index (χ4v) is 3.29. The van der Waals surface area contributed by atoms with E-state index in [1.54, 1.807) is 0 Å². The highest BCUT2D eigenvalue weighted by Crippen LogP contribution is 2.31. The van der Waals surface area contributed by atoms with Crippen LogP contribution in [0.3, 0.4) is 0 Å². The van der Waals surface area contributed by atoms with Gasteiger partial charge in [-0.15, -0.1) is 0 Å². The zero-order chi connectivity index (χ0) is 10.8. The molecule has 2 rings (SSSR count). The van der Waals surface area contributed by atoms with E-state index >= 15 is 0 Å². The van der Waals surface area contributed by atoms with Crippen LogP contribution in [-0.2, 0) is 0 Å². The summed E-state index contributed by atoms with van der Waals surface area (Å²) in [5.41, 5.74) is 1.11. The molecule has 1 aromatic carbocycles. The van der Waals surface area contributed by atoms with Gasteiger partial charge >= 0.3 is 0 Å². The first-order valence-corrected chi connectivity index (χ1v) is 6.86. The number of hydrogen-bond acceptors (Lipinski definition) is 2. The molecule has 1 aromatic rings. The Morgan fingerprint density at radius 2 is 2.13 bits per heavy atom. The molecule has 1 N–H and O–H groups in total. The largest absolute Gasteiger partial charge is 0.306 e. The molecule has 15 heavy (non-hydrogen) atoms. The Kier molecular flexibility index (Phi) is 3.83. The van der Waals surface area contributed by atoms with Crippen LogP contribution < -0.4 is 5.32 Å². The highest BCUT2D eigenvalue weighted by molar-refractivity contribution is 7.99. The zero-order valence-electron chi connectivity index (χ0n) is 8.47. The first-order valence-electron chi connectivity index (χ1n) is 4.95. The Bertz CT molecular complexity index is 356. The first kappa shape index (κ1) is 11.6. The summed E-state index contributed by atoms with van der Waals surface area (Å²) in [5, 5.41) is 5.08. The molecule has 2 unspecified atom stereocenters. The van der Waals surface area contributed by atoms with Crippen molar-refractivity contribution in [2.45, 2.75) is 19.0 Å². The summed E-state index contributed by atoms with van der Waals surface area (Å²) < 4.78 is 0. The van der Waals surface area contributed by atoms with Crippen LogP contribution in [0.15, 0.2) is 18.2 Å². The fraction of sp³-hybridized carbons (Fsp3) is 0.455. The average molecular weight is 262 g/mol. The lowest BCUT2D eigenvalue weighted by molar-refractivity contribution is 0.503. The molecule has 2 atom stereocenters. The summed E-state index contributed by atoms with van der Waals surface area (Å²) in [7, 11) is 0. The Balaban J connectivity index is 2.24. The van der Waals surface area contributed by atoms with Gasteiger partial charge in [-0.2, -0.15) is 11.8 Å². The van der Waals surface area contributed by atoms with E-state index in [0.29, 0.717) is 12.1 Å². The first-order chi connectivity index (χ1) is 7.16. The number of nitrogens with one attached hydrogen (secondary N) is 1. The van der Waals surface area contributed by atoms with Gasteiger partial charge in [-0.05, 0) is 30.7 Å². The zero-order valence-corrected chi connectivity index (χ0v) is 10.8. The van der Waals surface area contributed by atoms with Gasteiger partial charge in [0.2, 0.25) is 0 Å². The summed E-state index contributed by atoms with van der Waals surface area (Å²) >= 11 is 14.1. The topological polar surface area (TPSA) is 12.0 Å². The third kappa shape index (κ3) is 2.82. The highest BCUT2D eigenvalue weighted by atomic mass is 35.5. The standard InChI is InChI=1S/C11H13Cl2NS/c1-7-5-15-6-11(14-7)9-4-8(12)2-3-10(9)13/h2-4,7,11,14H,5-6H2,1H3. The number of thioether (sulfide) groups is 1. The average Bonchev–Trinajstić information content (AvgIpc) is 2.22. The van der Waals surface area contributed by atoms with E-state index in [-0.39, 0.29) is 0 Å². The molecule has 0 aromatic heterocycles. The quantitative estimate of drug-likeness (QED) is 0.827. The third-order valence-corrected chi connectivity index (χ3v) is 4.36. The van der Waals surface area contributed by atoms with E-state index in [1.165, 1.54) is 0 Å². The van der Waals surface area contributed by atoms with Crippen molar-refractivity contribution in [3.63, 3.8) is 0 Å². The molecule has 1 nitrogen and oxygen atoms in total. The van der Waals surface area contributed by atoms with Crippen LogP contribution in [0.5, 0.6) is 0 Å². The molecule has 82 valence electrons. The van der Waals surface area contributed by atoms with Crippen molar-refractivity contribution in [3.05, 3.63) is 33.8 Å². The van der Waals surface area contributed by atoms with Crippen molar-refractivity contribution < 1.29 is 0 Å². The highest BCUT2D eigenvalue weighted by Gasteiger charge is 2.21. The van der Waals surface area contributed by atoms with Gasteiger partial charge in [0.1, 0.15) is 0 Å². The molecule has 1 aliphatic heterocycles. The van der Waals surface area contributed by atoms with Gasteiger partial charge in [-0.3, -0.25) is 0 Å². The molecule has 0 saturated carbocycles. The van der Waals surface area contributed by atoms with Crippen molar-refractivity contribution in [3.8, 4) is 0 Å². The van der Waals surface area contributed by atoms with Crippen molar-refractivity contribution in [2.75, 3.05) is 11.5 Å². The molecule has 1 fully saturated rings. The minimum atomic E-state index is 0.324. The molecular formula is C11H13Cl2NS. The van der Waals surface area contributed by atoms with Crippen LogP contribution in [0.2, 0.25) is 10.0 Å². The molecule has 0 amide bonds. The second kappa shape index (κ2) is 4.96. The van der Waals surface area contributed by atoms with Crippen LogP contribution in [-0.4, -0.2) is 17.5 Å². The Morgan fingerprint density at radius 1 is 1.33 bits per heavy atom. The molecule has 1 aliphatic rings. The number of hydrogen-bond donors (Lipinski definition) is 1. The van der Waals surface area contributed by atoms with Crippen LogP contribution in [0.25, 0.3) is 0 Å². The smallest absolute Gasteiger partial charge is 0.0455 e. The molecule has 4 heteroatoms. The van der Waals surface area contributed by atoms with Gasteiger partial charge in [0.05, 0.1) is 0 Å². The minimum absolute atomic E-state index is 0.324. The second-order valence-corrected chi connectivity index (χ2v) is 5.74. The van der Waals surface area contributed by atoms with Crippen LogP contribution >= 0.6 is 35.0 Å². The van der Waals surface area contributed by atoms with Crippen molar-refractivity contribution in [1.29, 1.82) is 0 Å². The lowest BCUT2D eigenvalue weighted by Gasteiger charge is -2.29. The molecule has 0 bridgehead atoms. The van der Waals surface area contributed by atoms with Gasteiger partial charge in [0.25, 0.3) is 0 Å². The van der Waals surface area contributed by atoms with Gasteiger partial charge in [-0.25, -0.2) is 0 Å². The number of benzene rings is 1. The number of halogens is 2. The molecule has 1 heterocycles. The summed E-state index contributed by atoms with van der Waals surface area (Å²) in [6.45, 7) is 2.19. The van der Waals surface area contributed by atoms with E-state index in [1.807, 2.05) is 30.0 Å². The molecule has 1 saturated heterocycles. The van der Waals surface area contributed by atoms with E-state index in [0.717, 1.165) is 27.1 Å². The van der Waals surface area contributed by atoms with Gasteiger partial charge in [0, 0.05) is 33.6 Å². The maximum absolute atomic E-state index is 6.17. The van der Waals surface area contributed by atoms with Gasteiger partial charge in [-0.1, -0.05) is 23.2 Å². The Morgan fingerprint density at radius 3 is 2.87 bits per heavy atom. The Labute approximate surface area is 105 Å². The Hall–Kier alpha value is 0.110. The van der Waals surface area contributed by atoms with Crippen molar-refractivity contribution in [1.82, 2.24) is 5.32 Å². The summed E-state index contributed by atoms with van der Waals surface area (Å²) in [4.78, 5) is 0. The molecule has 0 aliphatic carbocycles. The second-order valence-electron chi connectivity index (χ2n) is 3.82. The number of rotatable bonds is 1. The summed E-state index contributed by atoms with van der Waals surface area (Å²) in [6.07, 6.45) is 0. The van der Waals surface area contributed by atoms with E-state index in [9.17, 15) is 0 Å². The molecule has 0 radical (unpaired) electrons. The summed E-state index contributed by atoms with van der Waals surface area (Å²) in [5.74, 6) is 2.22. The van der Waals surface area contributed by atoms with Gasteiger partial charge in [0.15, 0.2) is 0 Å². The van der Waals surface area contributed by atoms with Crippen LogP contribution in [0.1, 0.15) is 18.5 Å². The van der Waals surface area contributed by atoms with Crippen molar-refractivity contribution in [2.24, 2.45) is 0 Å². The maximum atomic E-state index is 6.17. The predicted molar refractivity (Wildman–Crippen MR) is 69.1 cm³/mol. The monoisotopic (exact) mass is 261 g/mol. The van der Waals surface area contributed by atoms with Crippen molar-refractivity contribution >= 4 is 35.0 Å². The molecular weight excluding hydrogens is 249 g/mol. The van der Waals surface area contributed by atoms with Crippen LogP contribution in [0.4, 0.5) is 0 Å². The van der Waals surface area contributed by atoms with E-state index in [4.69, 9.17) is 23.2 Å². The fourth-order valence-electron chi connectivity index (χ4n) is 1.76. The minimum Gasteiger partial charge on any atom is -0.306 e. The predicted octanol–water partition coefficient (Wildman–Crippen LogP) is 3.76. The summed E-state index contributed by atoms with van der Waals surface area (Å²) in [6, 6.07) is 6.51. The normalized spacial score (nSPS) is 26.6. The lowest BCUT2D eigenvalue weighted by atomic mass is 10.1. The van der Waals surface area contributed by atoms with E-state index in [2.05, 4.69) is 12.2 Å².